The van der Waals surface area contributed by atoms with Crippen LogP contribution < -0.4 is 4.31 Å². The molecule has 1 N–H and O–H groups in total. The fourth-order valence-electron chi connectivity index (χ4n) is 1.97. The van der Waals surface area contributed by atoms with Gasteiger partial charge in [-0.3, -0.25) is 0 Å². The predicted octanol–water partition coefficient (Wildman–Crippen LogP) is 1.69. The van der Waals surface area contributed by atoms with Crippen LogP contribution in [-0.4, -0.2) is 34.3 Å². The number of aromatic carboxylic acids is 1. The molecule has 3 aromatic rings. The van der Waals surface area contributed by atoms with Crippen LogP contribution in [0.25, 0.3) is 5.69 Å². The summed E-state index contributed by atoms with van der Waals surface area (Å²) in [4.78, 5) is 14.9. The van der Waals surface area contributed by atoms with E-state index in [4.69, 9.17) is 5.11 Å². The monoisotopic (exact) mass is 350 g/mol. The summed E-state index contributed by atoms with van der Waals surface area (Å²) in [7, 11) is -3.10. The minimum Gasteiger partial charge on any atom is -0.476 e. The lowest BCUT2D eigenvalue weighted by atomic mass is 10.3. The van der Waals surface area contributed by atoms with Crippen LogP contribution in [0.4, 0.5) is 10.7 Å². The second kappa shape index (κ2) is 6.18. The molecule has 0 amide bonds. The maximum atomic E-state index is 11.6. The minimum absolute atomic E-state index is 0.0150. The molecule has 23 heavy (non-hydrogen) atoms. The first-order chi connectivity index (χ1) is 11.1. The van der Waals surface area contributed by atoms with Crippen molar-refractivity contribution in [3.8, 4) is 5.69 Å². The highest BCUT2D eigenvalue weighted by molar-refractivity contribution is 7.74. The quantitative estimate of drug-likeness (QED) is 0.679. The number of carbonyl (C=O) groups is 1. The van der Waals surface area contributed by atoms with Crippen molar-refractivity contribution in [3.05, 3.63) is 53.9 Å². The molecule has 0 unspecified atom stereocenters. The highest BCUT2D eigenvalue weighted by Gasteiger charge is 2.23. The van der Waals surface area contributed by atoms with Crippen LogP contribution >= 0.6 is 11.3 Å². The van der Waals surface area contributed by atoms with Crippen molar-refractivity contribution in [1.29, 1.82) is 0 Å². The highest BCUT2D eigenvalue weighted by atomic mass is 32.2. The van der Waals surface area contributed by atoms with Crippen molar-refractivity contribution in [2.75, 3.05) is 4.31 Å². The zero-order valence-electron chi connectivity index (χ0n) is 11.4. The number of anilines is 2. The van der Waals surface area contributed by atoms with E-state index in [1.54, 1.807) is 0 Å². The molecule has 118 valence electrons. The van der Waals surface area contributed by atoms with E-state index in [0.717, 1.165) is 21.3 Å². The molecule has 0 aliphatic carbocycles. The first-order valence-corrected chi connectivity index (χ1v) is 8.30. The Morgan fingerprint density at radius 2 is 2.00 bits per heavy atom. The third-order valence-corrected chi connectivity index (χ3v) is 4.64. The van der Waals surface area contributed by atoms with Crippen LogP contribution in [0.5, 0.6) is 0 Å². The van der Waals surface area contributed by atoms with Gasteiger partial charge in [-0.2, -0.15) is 5.10 Å². The Morgan fingerprint density at radius 1 is 1.26 bits per heavy atom. The molecule has 0 radical (unpaired) electrons. The number of nitrogens with zero attached hydrogens (tertiary/aromatic N) is 4. The Bertz CT molecular complexity index is 909. The van der Waals surface area contributed by atoms with Gasteiger partial charge in [-0.1, -0.05) is 18.2 Å². The van der Waals surface area contributed by atoms with Crippen molar-refractivity contribution in [1.82, 2.24) is 14.8 Å². The van der Waals surface area contributed by atoms with Crippen LogP contribution in [0.15, 0.2) is 48.2 Å². The van der Waals surface area contributed by atoms with E-state index in [-0.39, 0.29) is 16.4 Å². The zero-order chi connectivity index (χ0) is 16.4. The molecule has 0 saturated heterocycles. The third kappa shape index (κ3) is 2.94. The molecule has 1 aromatic carbocycles. The maximum Gasteiger partial charge on any atom is 0.357 e. The third-order valence-electron chi connectivity index (χ3n) is 2.94. The van der Waals surface area contributed by atoms with Gasteiger partial charge >= 0.3 is 5.97 Å². The Hall–Kier alpha value is -2.72. The molecular formula is C13H10N4O4S2. The summed E-state index contributed by atoms with van der Waals surface area (Å²) < 4.78 is 25.7. The Morgan fingerprint density at radius 3 is 2.65 bits per heavy atom. The SMILES string of the molecule is O=C(O)c1ncsc1N(c1cnn(-c2ccccc2)c1)[SH](=O)=O. The van der Waals surface area contributed by atoms with Gasteiger partial charge in [0.25, 0.3) is 0 Å². The lowest BCUT2D eigenvalue weighted by Crippen LogP contribution is -2.16. The van der Waals surface area contributed by atoms with Crippen molar-refractivity contribution >= 4 is 38.9 Å². The molecule has 0 aliphatic rings. The molecule has 2 aromatic heterocycles. The molecule has 3 rings (SSSR count). The first-order valence-electron chi connectivity index (χ1n) is 6.29. The van der Waals surface area contributed by atoms with Crippen LogP contribution in [-0.2, 0) is 10.9 Å². The van der Waals surface area contributed by atoms with E-state index < -0.39 is 16.9 Å². The lowest BCUT2D eigenvalue weighted by Gasteiger charge is -2.13. The van der Waals surface area contributed by atoms with Crippen molar-refractivity contribution < 1.29 is 18.3 Å². The number of rotatable bonds is 5. The van der Waals surface area contributed by atoms with E-state index in [1.807, 2.05) is 30.3 Å². The van der Waals surface area contributed by atoms with E-state index in [0.29, 0.717) is 0 Å². The van der Waals surface area contributed by atoms with E-state index >= 15 is 0 Å². The van der Waals surface area contributed by atoms with Crippen LogP contribution in [0.3, 0.4) is 0 Å². The number of benzene rings is 1. The summed E-state index contributed by atoms with van der Waals surface area (Å²) in [6.07, 6.45) is 2.86. The predicted molar refractivity (Wildman–Crippen MR) is 85.1 cm³/mol. The Labute approximate surface area is 136 Å². The smallest absolute Gasteiger partial charge is 0.357 e. The number of thiazole rings is 1. The molecule has 8 nitrogen and oxygen atoms in total. The van der Waals surface area contributed by atoms with Gasteiger partial charge in [0.1, 0.15) is 5.00 Å². The summed E-state index contributed by atoms with van der Waals surface area (Å²) in [6, 6.07) is 9.13. The normalized spacial score (nSPS) is 10.8. The average Bonchev–Trinajstić information content (AvgIpc) is 3.18. The number of carboxylic acid groups (broad SMARTS) is 1. The standard InChI is InChI=1S/C13H10N4O4S2/c18-13(19)11-12(22-8-14-11)17(23(20)21)10-6-15-16(7-10)9-4-2-1-3-5-9/h1-8,23H,(H,18,19). The molecule has 0 bridgehead atoms. The summed E-state index contributed by atoms with van der Waals surface area (Å²) in [5, 5.41) is 13.2. The van der Waals surface area contributed by atoms with Crippen molar-refractivity contribution in [3.63, 3.8) is 0 Å². The fourth-order valence-corrected chi connectivity index (χ4v) is 3.56. The van der Waals surface area contributed by atoms with Gasteiger partial charge in [0, 0.05) is 0 Å². The second-order valence-electron chi connectivity index (χ2n) is 4.34. The van der Waals surface area contributed by atoms with Gasteiger partial charge in [-0.05, 0) is 12.1 Å². The van der Waals surface area contributed by atoms with Gasteiger partial charge < -0.3 is 5.11 Å². The molecule has 0 saturated carbocycles. The Balaban J connectivity index is 2.05. The highest BCUT2D eigenvalue weighted by Crippen LogP contribution is 2.32. The molecule has 10 heteroatoms. The van der Waals surface area contributed by atoms with Gasteiger partial charge in [-0.25, -0.2) is 27.2 Å². The van der Waals surface area contributed by atoms with Gasteiger partial charge in [0.2, 0.25) is 10.9 Å². The maximum absolute atomic E-state index is 11.6. The van der Waals surface area contributed by atoms with Gasteiger partial charge in [0.05, 0.1) is 29.3 Å². The van der Waals surface area contributed by atoms with Crippen molar-refractivity contribution in [2.24, 2.45) is 0 Å². The van der Waals surface area contributed by atoms with Crippen LogP contribution in [0.1, 0.15) is 10.5 Å². The van der Waals surface area contributed by atoms with Crippen LogP contribution in [0.2, 0.25) is 0 Å². The van der Waals surface area contributed by atoms with E-state index in [9.17, 15) is 13.2 Å². The number of hydrogen-bond donors (Lipinski definition) is 2. The largest absolute Gasteiger partial charge is 0.476 e. The molecule has 0 fully saturated rings. The molecule has 0 aliphatic heterocycles. The number of hydrogen-bond acceptors (Lipinski definition) is 6. The first kappa shape index (κ1) is 15.2. The summed E-state index contributed by atoms with van der Waals surface area (Å²) >= 11 is 0.927. The van der Waals surface area contributed by atoms with Crippen molar-refractivity contribution in [2.45, 2.75) is 0 Å². The molecule has 2 heterocycles. The fraction of sp³-hybridized carbons (Fsp3) is 0. The molecule has 0 spiro atoms. The molecule has 0 atom stereocenters. The number of thiol groups is 1. The average molecular weight is 350 g/mol. The van der Waals surface area contributed by atoms with E-state index in [1.165, 1.54) is 22.6 Å². The zero-order valence-corrected chi connectivity index (χ0v) is 13.1. The van der Waals surface area contributed by atoms with Crippen LogP contribution in [0, 0.1) is 0 Å². The number of para-hydroxylation sites is 1. The number of carboxylic acids is 1. The van der Waals surface area contributed by atoms with E-state index in [2.05, 4.69) is 10.1 Å². The summed E-state index contributed by atoms with van der Waals surface area (Å²) in [5.41, 5.74) is 1.95. The summed E-state index contributed by atoms with van der Waals surface area (Å²) in [6.45, 7) is 0. The number of aromatic nitrogens is 3. The topological polar surface area (TPSA) is 105 Å². The minimum atomic E-state index is -3.10. The van der Waals surface area contributed by atoms with Gasteiger partial charge in [-0.15, -0.1) is 11.3 Å². The van der Waals surface area contributed by atoms with Gasteiger partial charge in [0.15, 0.2) is 5.69 Å². The second-order valence-corrected chi connectivity index (χ2v) is 6.05. The Kier molecular flexibility index (Phi) is 4.08. The summed E-state index contributed by atoms with van der Waals surface area (Å²) in [5.74, 6) is -1.29. The molecular weight excluding hydrogens is 340 g/mol. The lowest BCUT2D eigenvalue weighted by molar-refractivity contribution is 0.0692.